The number of hydrogen-bond acceptors (Lipinski definition) is 8. The van der Waals surface area contributed by atoms with Gasteiger partial charge in [0.2, 0.25) is 0 Å². The number of pyridine rings is 1. The third-order valence-electron chi connectivity index (χ3n) is 7.56. The molecule has 0 unspecified atom stereocenters. The van der Waals surface area contributed by atoms with E-state index in [4.69, 9.17) is 14.9 Å². The summed E-state index contributed by atoms with van der Waals surface area (Å²) >= 11 is 0. The van der Waals surface area contributed by atoms with E-state index in [2.05, 4.69) is 10.3 Å². The highest BCUT2D eigenvalue weighted by atomic mass is 32.2. The Balaban J connectivity index is 1.38. The number of fused-ring (bicyclic) bond motifs is 2. The normalized spacial score (nSPS) is 15.6. The Hall–Kier alpha value is -4.38. The van der Waals surface area contributed by atoms with Crippen LogP contribution in [0.1, 0.15) is 44.9 Å². The third-order valence-corrected chi connectivity index (χ3v) is 9.83. The van der Waals surface area contributed by atoms with Gasteiger partial charge in [-0.05, 0) is 61.7 Å². The summed E-state index contributed by atoms with van der Waals surface area (Å²) in [5.74, 6) is 0.0626. The predicted octanol–water partition coefficient (Wildman–Crippen LogP) is 3.99. The van der Waals surface area contributed by atoms with Crippen molar-refractivity contribution in [2.75, 3.05) is 25.0 Å². The first-order chi connectivity index (χ1) is 19.2. The van der Waals surface area contributed by atoms with Gasteiger partial charge < -0.3 is 25.1 Å². The number of ether oxygens (including phenoxy) is 1. The molecule has 4 heterocycles. The average molecular weight is 561 g/mol. The molecule has 2 aliphatic rings. The summed E-state index contributed by atoms with van der Waals surface area (Å²) in [5, 5.41) is 3.14. The summed E-state index contributed by atoms with van der Waals surface area (Å²) in [7, 11) is -3.83. The van der Waals surface area contributed by atoms with Crippen molar-refractivity contribution >= 4 is 43.9 Å². The van der Waals surface area contributed by atoms with Gasteiger partial charge in [0.15, 0.2) is 15.6 Å². The number of hydrogen-bond donors (Lipinski definition) is 2. The molecule has 1 fully saturated rings. The first kappa shape index (κ1) is 25.9. The fourth-order valence-corrected chi connectivity index (χ4v) is 7.50. The first-order valence-electron chi connectivity index (χ1n) is 13.1. The molecule has 3 N–H and O–H groups in total. The lowest BCUT2D eigenvalue weighted by Crippen LogP contribution is -2.42. The second kappa shape index (κ2) is 9.98. The van der Waals surface area contributed by atoms with Gasteiger partial charge in [-0.2, -0.15) is 0 Å². The van der Waals surface area contributed by atoms with E-state index in [0.717, 1.165) is 17.0 Å². The number of furan rings is 1. The lowest BCUT2D eigenvalue weighted by molar-refractivity contribution is 0.0693. The molecule has 2 aromatic heterocycles. The van der Waals surface area contributed by atoms with Crippen LogP contribution in [0.15, 0.2) is 64.2 Å². The van der Waals surface area contributed by atoms with Crippen molar-refractivity contribution in [3.63, 3.8) is 0 Å². The van der Waals surface area contributed by atoms with Gasteiger partial charge in [-0.25, -0.2) is 8.42 Å². The highest BCUT2D eigenvalue weighted by Gasteiger charge is 2.35. The van der Waals surface area contributed by atoms with Crippen LogP contribution in [-0.4, -0.2) is 55.1 Å². The van der Waals surface area contributed by atoms with Crippen LogP contribution in [0.2, 0.25) is 0 Å². The van der Waals surface area contributed by atoms with Gasteiger partial charge >= 0.3 is 0 Å². The maximum atomic E-state index is 14.0. The maximum Gasteiger partial charge on any atom is 0.289 e. The van der Waals surface area contributed by atoms with Crippen LogP contribution >= 0.6 is 0 Å². The number of nitrogens with one attached hydrogen (secondary N) is 1. The minimum atomic E-state index is -3.83. The van der Waals surface area contributed by atoms with E-state index in [0.29, 0.717) is 42.8 Å². The molecule has 0 bridgehead atoms. The molecule has 40 heavy (non-hydrogen) atoms. The number of primary amides is 1. The van der Waals surface area contributed by atoms with Crippen molar-refractivity contribution in [2.24, 2.45) is 5.73 Å². The van der Waals surface area contributed by atoms with Crippen molar-refractivity contribution in [3.8, 4) is 5.75 Å². The molecule has 4 aromatic rings. The average Bonchev–Trinajstić information content (AvgIpc) is 3.66. The second-order valence-corrected chi connectivity index (χ2v) is 12.3. The van der Waals surface area contributed by atoms with Gasteiger partial charge in [-0.15, -0.1) is 0 Å². The van der Waals surface area contributed by atoms with E-state index in [1.165, 1.54) is 12.5 Å². The predicted molar refractivity (Wildman–Crippen MR) is 149 cm³/mol. The Morgan fingerprint density at radius 3 is 2.65 bits per heavy atom. The van der Waals surface area contributed by atoms with Crippen LogP contribution in [-0.2, 0) is 16.3 Å². The van der Waals surface area contributed by atoms with Gasteiger partial charge in [0.1, 0.15) is 5.75 Å². The monoisotopic (exact) mass is 560 g/mol. The molecule has 0 spiro atoms. The van der Waals surface area contributed by atoms with Gasteiger partial charge in [0, 0.05) is 42.3 Å². The molecular weight excluding hydrogens is 532 g/mol. The summed E-state index contributed by atoms with van der Waals surface area (Å²) in [5.41, 5.74) is 8.96. The van der Waals surface area contributed by atoms with Crippen molar-refractivity contribution in [3.05, 3.63) is 77.4 Å². The van der Waals surface area contributed by atoms with E-state index in [9.17, 15) is 18.0 Å². The molecule has 0 radical (unpaired) electrons. The van der Waals surface area contributed by atoms with E-state index in [1.807, 2.05) is 18.2 Å². The largest absolute Gasteiger partial charge is 0.493 e. The van der Waals surface area contributed by atoms with Crippen molar-refractivity contribution in [2.45, 2.75) is 36.3 Å². The Bertz CT molecular complexity index is 1740. The lowest BCUT2D eigenvalue weighted by Gasteiger charge is -2.31. The van der Waals surface area contributed by atoms with Crippen LogP contribution in [0.5, 0.6) is 5.75 Å². The van der Waals surface area contributed by atoms with E-state index >= 15 is 0 Å². The molecule has 1 saturated heterocycles. The molecule has 11 heteroatoms. The molecule has 0 saturated carbocycles. The Kier molecular flexibility index (Phi) is 6.46. The quantitative estimate of drug-likeness (QED) is 0.360. The zero-order valence-electron chi connectivity index (χ0n) is 21.8. The summed E-state index contributed by atoms with van der Waals surface area (Å²) in [6.45, 7) is 2.94. The summed E-state index contributed by atoms with van der Waals surface area (Å²) in [6, 6.07) is 12.3. The third kappa shape index (κ3) is 4.45. The molecule has 0 aliphatic carbocycles. The topological polar surface area (TPSA) is 145 Å². The zero-order chi connectivity index (χ0) is 28.0. The summed E-state index contributed by atoms with van der Waals surface area (Å²) in [4.78, 5) is 31.2. The van der Waals surface area contributed by atoms with Crippen LogP contribution in [0, 0.1) is 6.92 Å². The van der Waals surface area contributed by atoms with Gasteiger partial charge in [-0.3, -0.25) is 14.6 Å². The molecular formula is C29H28N4O6S. The van der Waals surface area contributed by atoms with E-state index in [1.54, 1.807) is 36.1 Å². The minimum absolute atomic E-state index is 0.0963. The lowest BCUT2D eigenvalue weighted by atomic mass is 10.0. The number of amides is 2. The van der Waals surface area contributed by atoms with E-state index < -0.39 is 21.0 Å². The highest BCUT2D eigenvalue weighted by Crippen LogP contribution is 2.39. The number of likely N-dealkylation sites (tertiary alicyclic amines) is 1. The summed E-state index contributed by atoms with van der Waals surface area (Å²) in [6.07, 6.45) is 4.03. The minimum Gasteiger partial charge on any atom is -0.493 e. The van der Waals surface area contributed by atoms with Crippen LogP contribution in [0.4, 0.5) is 11.4 Å². The number of nitrogens with two attached hydrogens (primary N) is 1. The number of benzene rings is 2. The van der Waals surface area contributed by atoms with Crippen molar-refractivity contribution < 1.29 is 27.2 Å². The number of piperidine rings is 1. The van der Waals surface area contributed by atoms with Crippen LogP contribution in [0.3, 0.4) is 0 Å². The fourth-order valence-electron chi connectivity index (χ4n) is 5.52. The Morgan fingerprint density at radius 2 is 1.93 bits per heavy atom. The molecule has 10 nitrogen and oxygen atoms in total. The number of nitrogens with zero attached hydrogens (tertiary/aromatic N) is 2. The van der Waals surface area contributed by atoms with Gasteiger partial charge in [0.25, 0.3) is 11.8 Å². The number of aromatic nitrogens is 1. The molecule has 206 valence electrons. The SMILES string of the molecule is Cc1cc(S(=O)(=O)C2CCN(C(=O)c3ccco3)CC2)c2ncc(C(N)=O)c(Nc3cccc4c3CCO4)c2c1. The van der Waals surface area contributed by atoms with E-state index in [-0.39, 0.29) is 40.5 Å². The van der Waals surface area contributed by atoms with Crippen LogP contribution in [0.25, 0.3) is 10.9 Å². The van der Waals surface area contributed by atoms with Gasteiger partial charge in [0.05, 0.1) is 39.8 Å². The molecule has 2 aromatic carbocycles. The van der Waals surface area contributed by atoms with Crippen molar-refractivity contribution in [1.82, 2.24) is 9.88 Å². The van der Waals surface area contributed by atoms with Crippen LogP contribution < -0.4 is 15.8 Å². The standard InChI is InChI=1S/C29H28N4O6S/c1-17-14-20-26(32-22-4-2-5-23-19(22)9-13-39-23)21(28(30)34)16-31-27(20)25(15-17)40(36,37)18-7-10-33(11-8-18)29(35)24-6-3-12-38-24/h2-6,12,14-16,18H,7-11,13H2,1H3,(H2,30,34)(H,31,32). The number of sulfone groups is 1. The highest BCUT2D eigenvalue weighted by molar-refractivity contribution is 7.92. The molecule has 6 rings (SSSR count). The summed E-state index contributed by atoms with van der Waals surface area (Å²) < 4.78 is 38.9. The number of carbonyl (C=O) groups is 2. The first-order valence-corrected chi connectivity index (χ1v) is 14.6. The Morgan fingerprint density at radius 1 is 1.12 bits per heavy atom. The maximum absolute atomic E-state index is 14.0. The number of carbonyl (C=O) groups excluding carboxylic acids is 2. The second-order valence-electron chi connectivity index (χ2n) is 10.1. The number of aryl methyl sites for hydroxylation is 1. The number of rotatable bonds is 6. The smallest absolute Gasteiger partial charge is 0.289 e. The molecule has 2 amide bonds. The number of anilines is 2. The fraction of sp³-hybridized carbons (Fsp3) is 0.276. The van der Waals surface area contributed by atoms with Crippen molar-refractivity contribution in [1.29, 1.82) is 0 Å². The Labute approximate surface area is 231 Å². The molecule has 0 atom stereocenters. The molecule has 2 aliphatic heterocycles. The zero-order valence-corrected chi connectivity index (χ0v) is 22.7. The van der Waals surface area contributed by atoms with Gasteiger partial charge in [-0.1, -0.05) is 6.07 Å².